The molecule has 56 valence electrons. The maximum Gasteiger partial charge on any atom is 0.753 e. The van der Waals surface area contributed by atoms with Gasteiger partial charge in [-0.2, -0.15) is 4.52 Å². The Kier molecular flexibility index (Phi) is 4.72. The van der Waals surface area contributed by atoms with Crippen LogP contribution in [0.5, 0.6) is 0 Å². The third-order valence-electron chi connectivity index (χ3n) is 0.566. The third kappa shape index (κ3) is 4.18. The third-order valence-corrected chi connectivity index (χ3v) is 1.36. The highest BCUT2D eigenvalue weighted by molar-refractivity contribution is 7.34. The molecule has 0 N–H and O–H groups in total. The number of hydrogen-bond donors (Lipinski definition) is 0. The largest absolute Gasteiger partial charge is 0.753 e. The summed E-state index contributed by atoms with van der Waals surface area (Å²) in [7, 11) is -2.30. The van der Waals surface area contributed by atoms with Crippen molar-refractivity contribution >= 4 is 14.2 Å². The Labute approximate surface area is 59.8 Å². The number of carbonyl (C=O) groups excluding carboxylic acids is 1. The molecule has 0 bridgehead atoms. The highest BCUT2D eigenvalue weighted by atomic mass is 31.1. The van der Waals surface area contributed by atoms with E-state index in [4.69, 9.17) is 0 Å². The minimum Gasteiger partial charge on any atom is -0.241 e. The summed E-state index contributed by atoms with van der Waals surface area (Å²) in [6.45, 7) is 5.01. The quantitative estimate of drug-likeness (QED) is 0.464. The Balaban J connectivity index is 3.57. The van der Waals surface area contributed by atoms with Crippen molar-refractivity contribution in [2.45, 2.75) is 6.92 Å². The monoisotopic (exact) mass is 163 g/mol. The summed E-state index contributed by atoms with van der Waals surface area (Å²) in [6.07, 6.45) is 0.923. The van der Waals surface area contributed by atoms with Crippen molar-refractivity contribution in [1.82, 2.24) is 0 Å². The zero-order valence-corrected chi connectivity index (χ0v) is 6.47. The van der Waals surface area contributed by atoms with E-state index in [1.54, 1.807) is 6.92 Å². The normalized spacial score (nSPS) is 10.3. The molecule has 0 rings (SSSR count). The van der Waals surface area contributed by atoms with Crippen molar-refractivity contribution < 1.29 is 18.4 Å². The lowest BCUT2D eigenvalue weighted by Crippen LogP contribution is -1.92. The molecule has 0 saturated carbocycles. The fourth-order valence-electron chi connectivity index (χ4n) is 0.242. The van der Waals surface area contributed by atoms with Crippen LogP contribution in [-0.2, 0) is 18.4 Å². The summed E-state index contributed by atoms with van der Waals surface area (Å²) >= 11 is 0. The predicted molar refractivity (Wildman–Crippen MR) is 35.5 cm³/mol. The van der Waals surface area contributed by atoms with Crippen molar-refractivity contribution in [2.24, 2.45) is 0 Å². The molecule has 0 heterocycles. The molecular weight excluding hydrogens is 155 g/mol. The lowest BCUT2D eigenvalue weighted by molar-refractivity contribution is -0.129. The molecule has 0 aromatic rings. The fraction of sp³-hybridized carbons (Fsp3) is 0.400. The van der Waals surface area contributed by atoms with E-state index in [-0.39, 0.29) is 6.61 Å². The standard InChI is InChI=1S/C5H8O4P/c1-3-5(6)9-10(7)8-4-2/h3H,1,4H2,2H3/q+1. The molecule has 5 heteroatoms. The van der Waals surface area contributed by atoms with Gasteiger partial charge in [-0.05, 0) is 6.92 Å². The van der Waals surface area contributed by atoms with E-state index in [0.29, 0.717) is 0 Å². The van der Waals surface area contributed by atoms with Gasteiger partial charge in [0.2, 0.25) is 0 Å². The van der Waals surface area contributed by atoms with E-state index in [2.05, 4.69) is 15.6 Å². The van der Waals surface area contributed by atoms with Crippen LogP contribution in [-0.4, -0.2) is 12.6 Å². The van der Waals surface area contributed by atoms with Gasteiger partial charge >= 0.3 is 14.2 Å². The molecule has 0 amide bonds. The first-order chi connectivity index (χ1) is 4.70. The van der Waals surface area contributed by atoms with Gasteiger partial charge in [0.25, 0.3) is 0 Å². The molecule has 0 fully saturated rings. The van der Waals surface area contributed by atoms with Crippen LogP contribution in [0.2, 0.25) is 0 Å². The van der Waals surface area contributed by atoms with Gasteiger partial charge in [-0.1, -0.05) is 6.58 Å². The average Bonchev–Trinajstić information content (AvgIpc) is 1.88. The molecule has 0 aliphatic heterocycles. The van der Waals surface area contributed by atoms with Crippen LogP contribution in [0.1, 0.15) is 6.92 Å². The second-order valence-corrected chi connectivity index (χ2v) is 2.14. The summed E-state index contributed by atoms with van der Waals surface area (Å²) in [4.78, 5) is 10.3. The van der Waals surface area contributed by atoms with E-state index in [0.717, 1.165) is 6.08 Å². The fourth-order valence-corrected chi connectivity index (χ4v) is 0.727. The number of hydrogen-bond acceptors (Lipinski definition) is 4. The summed E-state index contributed by atoms with van der Waals surface area (Å²) < 4.78 is 19.1. The first kappa shape index (κ1) is 9.27. The zero-order chi connectivity index (χ0) is 7.98. The number of carbonyl (C=O) groups is 1. The van der Waals surface area contributed by atoms with Crippen LogP contribution in [0, 0.1) is 0 Å². The Morgan fingerprint density at radius 3 is 2.80 bits per heavy atom. The van der Waals surface area contributed by atoms with Crippen molar-refractivity contribution in [3.63, 3.8) is 0 Å². The second-order valence-electron chi connectivity index (χ2n) is 1.26. The van der Waals surface area contributed by atoms with E-state index < -0.39 is 14.2 Å². The predicted octanol–water partition coefficient (Wildman–Crippen LogP) is 1.41. The summed E-state index contributed by atoms with van der Waals surface area (Å²) in [6, 6.07) is 0. The molecule has 0 aromatic heterocycles. The molecule has 0 radical (unpaired) electrons. The second kappa shape index (κ2) is 5.09. The van der Waals surface area contributed by atoms with Crippen molar-refractivity contribution in [1.29, 1.82) is 0 Å². The maximum absolute atomic E-state index is 10.4. The summed E-state index contributed by atoms with van der Waals surface area (Å²) in [5.74, 6) is -0.741. The Bertz CT molecular complexity index is 154. The molecule has 1 unspecified atom stereocenters. The highest BCUT2D eigenvalue weighted by Gasteiger charge is 2.22. The number of rotatable bonds is 4. The van der Waals surface area contributed by atoms with Crippen LogP contribution in [0.4, 0.5) is 0 Å². The van der Waals surface area contributed by atoms with Gasteiger partial charge in [-0.3, -0.25) is 0 Å². The molecule has 10 heavy (non-hydrogen) atoms. The van der Waals surface area contributed by atoms with Gasteiger partial charge in [-0.25, -0.2) is 4.79 Å². The molecule has 0 aliphatic rings. The van der Waals surface area contributed by atoms with Crippen LogP contribution >= 0.6 is 8.25 Å². The van der Waals surface area contributed by atoms with E-state index in [1.807, 2.05) is 0 Å². The summed E-state index contributed by atoms with van der Waals surface area (Å²) in [5.41, 5.74) is 0. The van der Waals surface area contributed by atoms with Crippen LogP contribution < -0.4 is 0 Å². The lowest BCUT2D eigenvalue weighted by atomic mass is 10.7. The van der Waals surface area contributed by atoms with Gasteiger partial charge in [0.15, 0.2) is 0 Å². The van der Waals surface area contributed by atoms with E-state index in [9.17, 15) is 9.36 Å². The smallest absolute Gasteiger partial charge is 0.241 e. The minimum absolute atomic E-state index is 0.250. The first-order valence-electron chi connectivity index (χ1n) is 2.65. The average molecular weight is 163 g/mol. The molecular formula is C5H8O4P+. The first-order valence-corrected chi connectivity index (χ1v) is 3.74. The SMILES string of the molecule is C=CC(=O)O[P+](=O)OCC. The Morgan fingerprint density at radius 1 is 1.80 bits per heavy atom. The summed E-state index contributed by atoms with van der Waals surface area (Å²) in [5, 5.41) is 0. The maximum atomic E-state index is 10.4. The van der Waals surface area contributed by atoms with Gasteiger partial charge in [0.05, 0.1) is 0 Å². The van der Waals surface area contributed by atoms with Gasteiger partial charge in [0, 0.05) is 10.6 Å². The highest BCUT2D eigenvalue weighted by Crippen LogP contribution is 2.22. The van der Waals surface area contributed by atoms with Gasteiger partial charge in [0.1, 0.15) is 6.61 Å². The van der Waals surface area contributed by atoms with Crippen molar-refractivity contribution in [3.05, 3.63) is 12.7 Å². The zero-order valence-electron chi connectivity index (χ0n) is 5.57. The molecule has 0 aliphatic carbocycles. The molecule has 0 spiro atoms. The van der Waals surface area contributed by atoms with Crippen molar-refractivity contribution in [2.75, 3.05) is 6.61 Å². The molecule has 0 aromatic carbocycles. The topological polar surface area (TPSA) is 52.6 Å². The van der Waals surface area contributed by atoms with Crippen LogP contribution in [0.3, 0.4) is 0 Å². The lowest BCUT2D eigenvalue weighted by Gasteiger charge is -1.81. The Hall–Kier alpha value is -0.730. The Morgan fingerprint density at radius 2 is 2.40 bits per heavy atom. The van der Waals surface area contributed by atoms with Crippen LogP contribution in [0.25, 0.3) is 0 Å². The molecule has 1 atom stereocenters. The van der Waals surface area contributed by atoms with Gasteiger partial charge < -0.3 is 0 Å². The van der Waals surface area contributed by atoms with E-state index in [1.165, 1.54) is 0 Å². The van der Waals surface area contributed by atoms with Crippen molar-refractivity contribution in [3.8, 4) is 0 Å². The van der Waals surface area contributed by atoms with E-state index >= 15 is 0 Å². The molecule has 4 nitrogen and oxygen atoms in total. The van der Waals surface area contributed by atoms with Crippen LogP contribution in [0.15, 0.2) is 12.7 Å². The van der Waals surface area contributed by atoms with Gasteiger partial charge in [-0.15, -0.1) is 4.52 Å². The minimum atomic E-state index is -2.30. The molecule has 0 saturated heterocycles.